The standard InChI is InChI=1S/C28H22F2N6.C14H12N3.Ir/c29-21-7-11-23(12-8-21)35-19-33(25-5-3-15-31-27(25)35)17-1-2-18-34-20-36(24-13-9-22(30)10-14-24)28-26(34)6-4-16-32-28;1-10-11(2)17-9-8-15-13(14(17)16-10)12-6-4-3-5-7-12;/h3-11,13,15-16,19-20H,1-2,17-18H2;3-6,8-9H,1-2H3;/q-4;-1;. The van der Waals surface area contributed by atoms with E-state index in [1.54, 1.807) is 30.7 Å². The van der Waals surface area contributed by atoms with Gasteiger partial charge in [-0.05, 0) is 64.0 Å². The van der Waals surface area contributed by atoms with Gasteiger partial charge in [-0.1, -0.05) is 0 Å². The topological polar surface area (TPSA) is 68.9 Å². The van der Waals surface area contributed by atoms with Crippen molar-refractivity contribution in [3.63, 3.8) is 0 Å². The van der Waals surface area contributed by atoms with Gasteiger partial charge in [-0.15, -0.1) is 83.7 Å². The number of hydrogen-bond acceptors (Lipinski definition) is 8. The Kier molecular flexibility index (Phi) is 10.9. The minimum atomic E-state index is -0.317. The van der Waals surface area contributed by atoms with Gasteiger partial charge in [-0.25, -0.2) is 15.0 Å². The summed E-state index contributed by atoms with van der Waals surface area (Å²) >= 11 is 0. The van der Waals surface area contributed by atoms with Gasteiger partial charge < -0.3 is 24.0 Å². The van der Waals surface area contributed by atoms with E-state index in [0.29, 0.717) is 0 Å². The third-order valence-electron chi connectivity index (χ3n) is 9.18. The van der Waals surface area contributed by atoms with E-state index in [1.807, 2.05) is 84.8 Å². The quantitative estimate of drug-likeness (QED) is 0.111. The van der Waals surface area contributed by atoms with Crippen LogP contribution in [0.2, 0.25) is 0 Å². The van der Waals surface area contributed by atoms with Gasteiger partial charge in [0.15, 0.2) is 0 Å². The maximum atomic E-state index is 13.4. The van der Waals surface area contributed by atoms with Gasteiger partial charge in [0, 0.05) is 79.3 Å². The Labute approximate surface area is 326 Å². The number of hydrogen-bond donors (Lipinski definition) is 0. The van der Waals surface area contributed by atoms with Crippen LogP contribution in [0.15, 0.2) is 110 Å². The summed E-state index contributed by atoms with van der Waals surface area (Å²) < 4.78 is 28.9. The zero-order chi connectivity index (χ0) is 36.3. The van der Waals surface area contributed by atoms with Crippen molar-refractivity contribution >= 4 is 40.0 Å². The van der Waals surface area contributed by atoms with Gasteiger partial charge in [0.25, 0.3) is 0 Å². The molecule has 0 saturated carbocycles. The van der Waals surface area contributed by atoms with Crippen LogP contribution in [0.5, 0.6) is 0 Å². The fraction of sp³-hybridized carbons (Fsp3) is 0.143. The van der Waals surface area contributed by atoms with Crippen molar-refractivity contribution in [3.05, 3.63) is 164 Å². The number of anilines is 6. The molecule has 275 valence electrons. The zero-order valence-electron chi connectivity index (χ0n) is 29.5. The fourth-order valence-electron chi connectivity index (χ4n) is 6.42. The molecule has 54 heavy (non-hydrogen) atoms. The van der Waals surface area contributed by atoms with E-state index in [9.17, 15) is 8.78 Å². The monoisotopic (exact) mass is 895 g/mol. The maximum Gasteiger partial charge on any atom is 0.124 e. The van der Waals surface area contributed by atoms with E-state index >= 15 is 0 Å². The molecule has 0 aliphatic carbocycles. The molecule has 0 bridgehead atoms. The van der Waals surface area contributed by atoms with E-state index in [0.717, 1.165) is 88.6 Å². The molecule has 0 fully saturated rings. The van der Waals surface area contributed by atoms with Crippen LogP contribution < -0.4 is 19.6 Å². The molecule has 9 nitrogen and oxygen atoms in total. The number of pyridine rings is 2. The maximum absolute atomic E-state index is 13.4. The Bertz CT molecular complexity index is 2230. The second kappa shape index (κ2) is 16.1. The summed E-state index contributed by atoms with van der Waals surface area (Å²) in [5.41, 5.74) is 8.44. The summed E-state index contributed by atoms with van der Waals surface area (Å²) in [6.45, 7) is 9.68. The molecule has 0 N–H and O–H groups in total. The molecule has 1 radical (unpaired) electrons. The number of unbranched alkanes of at least 4 members (excludes halogenated alkanes) is 1. The smallest absolute Gasteiger partial charge is 0.124 e. The van der Waals surface area contributed by atoms with Crippen LogP contribution in [-0.2, 0) is 20.1 Å². The summed E-state index contributed by atoms with van der Waals surface area (Å²) in [5, 5.41) is 0. The Morgan fingerprint density at radius 2 is 1.26 bits per heavy atom. The number of benzene rings is 3. The molecule has 12 heteroatoms. The van der Waals surface area contributed by atoms with Crippen molar-refractivity contribution in [1.29, 1.82) is 0 Å². The van der Waals surface area contributed by atoms with Crippen LogP contribution in [0.25, 0.3) is 16.9 Å². The van der Waals surface area contributed by atoms with Crippen molar-refractivity contribution in [1.82, 2.24) is 24.3 Å². The summed E-state index contributed by atoms with van der Waals surface area (Å²) in [5.74, 6) is 0.976. The minimum absolute atomic E-state index is 0. The normalized spacial score (nSPS) is 13.0. The molecule has 2 aliphatic heterocycles. The van der Waals surface area contributed by atoms with Crippen molar-refractivity contribution in [2.24, 2.45) is 0 Å². The van der Waals surface area contributed by atoms with E-state index in [4.69, 9.17) is 0 Å². The zero-order valence-corrected chi connectivity index (χ0v) is 31.9. The molecule has 0 unspecified atom stereocenters. The molecular weight excluding hydrogens is 861 g/mol. The van der Waals surface area contributed by atoms with Gasteiger partial charge in [-0.2, -0.15) is 25.5 Å². The van der Waals surface area contributed by atoms with Crippen LogP contribution in [0, 0.1) is 57.0 Å². The Balaban J connectivity index is 0.000000209. The van der Waals surface area contributed by atoms with E-state index in [2.05, 4.69) is 59.3 Å². The first-order valence-electron chi connectivity index (χ1n) is 17.3. The first-order valence-corrected chi connectivity index (χ1v) is 17.3. The molecule has 9 rings (SSSR count). The second-order valence-electron chi connectivity index (χ2n) is 12.6. The Morgan fingerprint density at radius 3 is 1.78 bits per heavy atom. The number of aryl methyl sites for hydroxylation is 2. The first-order chi connectivity index (χ1) is 25.9. The van der Waals surface area contributed by atoms with Crippen LogP contribution >= 0.6 is 0 Å². The van der Waals surface area contributed by atoms with Crippen molar-refractivity contribution in [3.8, 4) is 11.3 Å². The molecule has 7 aromatic rings. The molecule has 6 heterocycles. The summed E-state index contributed by atoms with van der Waals surface area (Å²) in [4.78, 5) is 26.3. The summed E-state index contributed by atoms with van der Waals surface area (Å²) in [7, 11) is 0. The number of rotatable bonds is 8. The predicted octanol–water partition coefficient (Wildman–Crippen LogP) is 8.80. The largest absolute Gasteiger partial charge is 0.500 e. The SMILES string of the molecule is Cc1nc2c(-c3[c-]cccc3)nccn2c1C.Fc1c[c-]c(N2[CH-]N(CCCCN3[CH-]N(c4[c-]cc(F)cc4)c4ncccc43)c3cccnc32)cc1.[Ir]. The van der Waals surface area contributed by atoms with Crippen molar-refractivity contribution < 1.29 is 28.9 Å². The first kappa shape index (κ1) is 36.6. The van der Waals surface area contributed by atoms with Crippen LogP contribution in [0.4, 0.5) is 43.2 Å². The minimum Gasteiger partial charge on any atom is -0.500 e. The summed E-state index contributed by atoms with van der Waals surface area (Å²) in [6.07, 6.45) is 9.13. The molecule has 2 aliphatic rings. The second-order valence-corrected chi connectivity index (χ2v) is 12.6. The number of nitrogens with zero attached hydrogens (tertiary/aromatic N) is 9. The average molecular weight is 895 g/mol. The van der Waals surface area contributed by atoms with E-state index in [-0.39, 0.29) is 31.7 Å². The van der Waals surface area contributed by atoms with Gasteiger partial charge in [-0.3, -0.25) is 13.8 Å². The van der Waals surface area contributed by atoms with Crippen molar-refractivity contribution in [2.75, 3.05) is 32.7 Å². The number of imidazole rings is 1. The van der Waals surface area contributed by atoms with Crippen LogP contribution in [0.3, 0.4) is 0 Å². The molecule has 0 saturated heterocycles. The van der Waals surface area contributed by atoms with E-state index in [1.165, 1.54) is 24.3 Å². The molecule has 0 spiro atoms. The van der Waals surface area contributed by atoms with Crippen LogP contribution in [-0.4, -0.2) is 37.4 Å². The average Bonchev–Trinajstić information content (AvgIpc) is 3.85. The van der Waals surface area contributed by atoms with Crippen molar-refractivity contribution in [2.45, 2.75) is 26.7 Å². The Hall–Kier alpha value is -5.71. The predicted molar refractivity (Wildman–Crippen MR) is 202 cm³/mol. The van der Waals surface area contributed by atoms with Gasteiger partial charge in [0.1, 0.15) is 17.3 Å². The van der Waals surface area contributed by atoms with Gasteiger partial charge >= 0.3 is 0 Å². The summed E-state index contributed by atoms with van der Waals surface area (Å²) in [6, 6.07) is 33.8. The molecule has 0 amide bonds. The van der Waals surface area contributed by atoms with Crippen LogP contribution in [0.1, 0.15) is 24.2 Å². The molecule has 4 aromatic heterocycles. The third-order valence-corrected chi connectivity index (χ3v) is 9.18. The van der Waals surface area contributed by atoms with Gasteiger partial charge in [0.05, 0.1) is 5.69 Å². The van der Waals surface area contributed by atoms with E-state index < -0.39 is 0 Å². The molecular formula is C42H34F2IrN9-5. The molecule has 3 aromatic carbocycles. The number of aromatic nitrogens is 5. The Morgan fingerprint density at radius 1 is 0.667 bits per heavy atom. The van der Waals surface area contributed by atoms with Gasteiger partial charge in [0.2, 0.25) is 0 Å². The fourth-order valence-corrected chi connectivity index (χ4v) is 6.42. The number of halogens is 2. The molecule has 0 atom stereocenters. The third kappa shape index (κ3) is 7.40. The number of fused-ring (bicyclic) bond motifs is 3.